The molecular formula is C49H63Cl2F2N3O14. The van der Waals surface area contributed by atoms with Gasteiger partial charge in [-0.3, -0.25) is 4.79 Å². The van der Waals surface area contributed by atoms with Gasteiger partial charge in [-0.15, -0.1) is 0 Å². The van der Waals surface area contributed by atoms with Crippen LogP contribution < -0.4 is 15.4 Å². The molecular weight excluding hydrogens is 963 g/mol. The minimum absolute atomic E-state index is 0.0000874. The third kappa shape index (κ3) is 16.4. The molecule has 3 aromatic carbocycles. The summed E-state index contributed by atoms with van der Waals surface area (Å²) in [4.78, 5) is 40.0. The minimum Gasteiger partial charge on any atom is -0.494 e. The van der Waals surface area contributed by atoms with Crippen LogP contribution in [0.5, 0.6) is 5.75 Å². The fourth-order valence-electron chi connectivity index (χ4n) is 8.04. The highest BCUT2D eigenvalue weighted by molar-refractivity contribution is 6.31. The number of nitriles is 1. The summed E-state index contributed by atoms with van der Waals surface area (Å²) in [6, 6.07) is 10.3. The van der Waals surface area contributed by atoms with E-state index in [1.165, 1.54) is 56.5 Å². The van der Waals surface area contributed by atoms with Gasteiger partial charge >= 0.3 is 12.1 Å². The van der Waals surface area contributed by atoms with E-state index in [-0.39, 0.29) is 76.6 Å². The van der Waals surface area contributed by atoms with Crippen molar-refractivity contribution < 1.29 is 75.6 Å². The van der Waals surface area contributed by atoms with Gasteiger partial charge in [-0.1, -0.05) is 62.2 Å². The molecule has 0 aromatic heterocycles. The van der Waals surface area contributed by atoms with Crippen molar-refractivity contribution in [2.75, 3.05) is 112 Å². The van der Waals surface area contributed by atoms with Crippen LogP contribution in [0.3, 0.4) is 0 Å². The molecule has 1 unspecified atom stereocenters. The number of benzene rings is 3. The summed E-state index contributed by atoms with van der Waals surface area (Å²) in [6.07, 6.45) is -2.24. The summed E-state index contributed by atoms with van der Waals surface area (Å²) in [5, 5.41) is 27.1. The van der Waals surface area contributed by atoms with Crippen LogP contribution in [0.15, 0.2) is 48.5 Å². The molecule has 0 aliphatic carbocycles. The molecule has 0 bridgehead atoms. The maximum Gasteiger partial charge on any atom is 0.508 e. The number of anilines is 1. The summed E-state index contributed by atoms with van der Waals surface area (Å²) in [6.45, 7) is 11.8. The molecule has 4 rings (SSSR count). The minimum atomic E-state index is -1.91. The predicted octanol–water partition coefficient (Wildman–Crippen LogP) is 7.90. The predicted molar refractivity (Wildman–Crippen MR) is 254 cm³/mol. The third-order valence-corrected chi connectivity index (χ3v) is 11.6. The fourth-order valence-corrected chi connectivity index (χ4v) is 8.38. The van der Waals surface area contributed by atoms with Crippen LogP contribution >= 0.6 is 23.2 Å². The first kappa shape index (κ1) is 57.9. The molecule has 0 spiro atoms. The highest BCUT2D eigenvalue weighted by atomic mass is 35.5. The first-order valence-electron chi connectivity index (χ1n) is 22.6. The molecule has 0 radical (unpaired) electrons. The van der Waals surface area contributed by atoms with Crippen molar-refractivity contribution in [2.45, 2.75) is 63.6 Å². The quantitative estimate of drug-likeness (QED) is 0.0428. The number of amides is 1. The Kier molecular flexibility index (Phi) is 23.9. The van der Waals surface area contributed by atoms with Crippen molar-refractivity contribution in [3.8, 4) is 11.8 Å². The highest BCUT2D eigenvalue weighted by Gasteiger charge is 2.61. The smallest absolute Gasteiger partial charge is 0.494 e. The van der Waals surface area contributed by atoms with E-state index in [4.69, 9.17) is 70.6 Å². The molecule has 1 heterocycles. The molecule has 0 saturated carbocycles. The Morgan fingerprint density at radius 3 is 1.89 bits per heavy atom. The Morgan fingerprint density at radius 2 is 1.39 bits per heavy atom. The largest absolute Gasteiger partial charge is 0.508 e. The lowest BCUT2D eigenvalue weighted by molar-refractivity contribution is -0.118. The third-order valence-electron chi connectivity index (χ3n) is 11.0. The summed E-state index contributed by atoms with van der Waals surface area (Å²) in [5.41, 5.74) is -3.17. The lowest BCUT2D eigenvalue weighted by Gasteiger charge is -2.37. The van der Waals surface area contributed by atoms with Crippen LogP contribution in [-0.2, 0) is 52.8 Å². The molecule has 1 fully saturated rings. The van der Waals surface area contributed by atoms with E-state index in [2.05, 4.69) is 16.7 Å². The van der Waals surface area contributed by atoms with Crippen LogP contribution in [0.2, 0.25) is 10.0 Å². The molecule has 3 aromatic rings. The molecule has 1 aliphatic heterocycles. The van der Waals surface area contributed by atoms with Gasteiger partial charge in [0.05, 0.1) is 127 Å². The van der Waals surface area contributed by atoms with E-state index in [0.29, 0.717) is 66.1 Å². The number of hydrogen-bond acceptors (Lipinski definition) is 15. The van der Waals surface area contributed by atoms with E-state index in [0.717, 1.165) is 6.07 Å². The van der Waals surface area contributed by atoms with Crippen LogP contribution in [-0.4, -0.2) is 142 Å². The number of halogens is 4. The summed E-state index contributed by atoms with van der Waals surface area (Å²) < 4.78 is 86.1. The van der Waals surface area contributed by atoms with Crippen LogP contribution in [0.4, 0.5) is 19.3 Å². The van der Waals surface area contributed by atoms with E-state index in [9.17, 15) is 24.8 Å². The summed E-state index contributed by atoms with van der Waals surface area (Å²) >= 11 is 12.4. The number of carbonyl (C=O) groups excluding carboxylic acids is 2. The normalized spacial score (nSPS) is 18.3. The number of carboxylic acid groups (broad SMARTS) is 1. The van der Waals surface area contributed by atoms with Gasteiger partial charge in [0.15, 0.2) is 0 Å². The topological polar surface area (TPSA) is 212 Å². The zero-order valence-electron chi connectivity index (χ0n) is 40.2. The molecule has 1 amide bonds. The number of carbonyl (C=O) groups is 3. The van der Waals surface area contributed by atoms with E-state index < -0.39 is 64.6 Å². The maximum atomic E-state index is 16.2. The first-order valence-corrected chi connectivity index (χ1v) is 23.4. The van der Waals surface area contributed by atoms with Crippen molar-refractivity contribution in [1.82, 2.24) is 5.32 Å². The standard InChI is InChI=1S/C49H63Cl2F2N3O14/c1-31(70-47(60)69-27-26-68-25-24-67-23-22-66-21-20-65-19-18-64-17-16-63-15-14-61-5)40-33(46(58)59)11-13-38(44(40)62-6)55-45(57)43-41(34-8-7-9-36(51)42(34)53)49(30-54,39(56-43)29-48(2,3)4)35-12-10-32(50)28-37(35)52/h7-13,28,31,39,41,43,56H,14-27,29H2,1-6H3,(H,55,57)(H,58,59)/t31?,39-,41-,43+,49-/m0/s1. The second-order valence-electron chi connectivity index (χ2n) is 17.1. The Balaban J connectivity index is 1.36. The Hall–Kier alpha value is -4.72. The van der Waals surface area contributed by atoms with Gasteiger partial charge in [-0.25, -0.2) is 18.4 Å². The van der Waals surface area contributed by atoms with Crippen LogP contribution in [0.1, 0.15) is 73.2 Å². The molecule has 21 heteroatoms. The number of aromatic carboxylic acids is 1. The highest BCUT2D eigenvalue weighted by Crippen LogP contribution is 2.53. The molecule has 3 N–H and O–H groups in total. The average molecular weight is 1030 g/mol. The number of nitrogens with one attached hydrogen (secondary N) is 2. The van der Waals surface area contributed by atoms with Gasteiger partial charge in [0.25, 0.3) is 0 Å². The molecule has 5 atom stereocenters. The number of rotatable bonds is 30. The van der Waals surface area contributed by atoms with Crippen molar-refractivity contribution in [3.63, 3.8) is 0 Å². The Bertz CT molecular complexity index is 2210. The molecule has 1 saturated heterocycles. The van der Waals surface area contributed by atoms with Crippen molar-refractivity contribution >= 4 is 46.9 Å². The SMILES string of the molecule is COCCOCCOCCOCCOCCOCCOCCOC(=O)OC(C)c1c(C(=O)O)ccc(NC(=O)[C@@H]2N[C@@H](CC(C)(C)C)[C@](C#N)(c3ccc(Cl)cc3F)[C@H]2c2cccc(Cl)c2F)c1OC. The van der Waals surface area contributed by atoms with E-state index in [1.807, 2.05) is 20.8 Å². The second kappa shape index (κ2) is 29.0. The van der Waals surface area contributed by atoms with Gasteiger partial charge in [-0.2, -0.15) is 5.26 Å². The van der Waals surface area contributed by atoms with Crippen molar-refractivity contribution in [1.29, 1.82) is 5.26 Å². The van der Waals surface area contributed by atoms with Crippen LogP contribution in [0, 0.1) is 28.4 Å². The summed E-state index contributed by atoms with van der Waals surface area (Å²) in [5.74, 6) is -5.54. The molecule has 1 aliphatic rings. The number of carboxylic acids is 1. The Labute approximate surface area is 417 Å². The first-order chi connectivity index (χ1) is 33.5. The Morgan fingerprint density at radius 1 is 0.829 bits per heavy atom. The van der Waals surface area contributed by atoms with Gasteiger partial charge < -0.3 is 63.1 Å². The maximum absolute atomic E-state index is 16.2. The number of methoxy groups -OCH3 is 2. The van der Waals surface area contributed by atoms with E-state index >= 15 is 8.78 Å². The number of ether oxygens (including phenoxy) is 10. The number of hydrogen-bond donors (Lipinski definition) is 3. The summed E-state index contributed by atoms with van der Waals surface area (Å²) in [7, 11) is 2.84. The van der Waals surface area contributed by atoms with Gasteiger partial charge in [0, 0.05) is 29.7 Å². The molecule has 386 valence electrons. The monoisotopic (exact) mass is 1030 g/mol. The second-order valence-corrected chi connectivity index (χ2v) is 18.0. The lowest BCUT2D eigenvalue weighted by Crippen LogP contribution is -2.45. The van der Waals surface area contributed by atoms with E-state index in [1.54, 1.807) is 7.11 Å². The number of nitrogens with zero attached hydrogens (tertiary/aromatic N) is 1. The zero-order chi connectivity index (χ0) is 51.3. The molecule has 17 nitrogen and oxygen atoms in total. The van der Waals surface area contributed by atoms with Crippen molar-refractivity contribution in [3.05, 3.63) is 92.5 Å². The van der Waals surface area contributed by atoms with Crippen molar-refractivity contribution in [2.24, 2.45) is 5.41 Å². The average Bonchev–Trinajstić information content (AvgIpc) is 3.62. The van der Waals surface area contributed by atoms with Gasteiger partial charge in [0.1, 0.15) is 35.5 Å². The lowest BCUT2D eigenvalue weighted by atomic mass is 9.62. The van der Waals surface area contributed by atoms with Crippen LogP contribution in [0.25, 0.3) is 0 Å². The fraction of sp³-hybridized carbons (Fsp3) is 0.551. The van der Waals surface area contributed by atoms with Gasteiger partial charge in [-0.05, 0) is 54.7 Å². The zero-order valence-corrected chi connectivity index (χ0v) is 41.8. The van der Waals surface area contributed by atoms with Gasteiger partial charge in [0.2, 0.25) is 5.91 Å². The molecule has 70 heavy (non-hydrogen) atoms.